The summed E-state index contributed by atoms with van der Waals surface area (Å²) in [5.74, 6) is 0.0818. The Kier molecular flexibility index (Phi) is 4.55. The highest BCUT2D eigenvalue weighted by molar-refractivity contribution is 5.85. The van der Waals surface area contributed by atoms with Crippen LogP contribution in [0.15, 0.2) is 42.9 Å². The van der Waals surface area contributed by atoms with E-state index in [1.165, 1.54) is 23.7 Å². The summed E-state index contributed by atoms with van der Waals surface area (Å²) in [5, 5.41) is 9.10. The van der Waals surface area contributed by atoms with Crippen LogP contribution in [-0.2, 0) is 24.3 Å². The van der Waals surface area contributed by atoms with Crippen LogP contribution in [0.3, 0.4) is 0 Å². The van der Waals surface area contributed by atoms with Crippen LogP contribution in [0.4, 0.5) is 5.95 Å². The van der Waals surface area contributed by atoms with E-state index in [0.29, 0.717) is 18.4 Å². The molecular formula is C19H19N5O3. The number of hydrogen-bond acceptors (Lipinski definition) is 6. The number of aromatic nitrogens is 4. The maximum atomic E-state index is 11.1. The normalized spacial score (nSPS) is 13.4. The Hall–Kier alpha value is -3.26. The van der Waals surface area contributed by atoms with Crippen molar-refractivity contribution in [3.8, 4) is 5.82 Å². The van der Waals surface area contributed by atoms with Crippen LogP contribution in [0.1, 0.15) is 27.3 Å². The van der Waals surface area contributed by atoms with E-state index in [4.69, 9.17) is 9.84 Å². The number of carbonyl (C=O) groups is 1. The number of imidazole rings is 1. The minimum absolute atomic E-state index is 0.0321. The molecule has 0 fully saturated rings. The molecule has 4 rings (SSSR count). The summed E-state index contributed by atoms with van der Waals surface area (Å²) in [4.78, 5) is 26.4. The smallest absolute Gasteiger partial charge is 0.356 e. The first-order chi connectivity index (χ1) is 13.1. The molecule has 0 spiro atoms. The number of anilines is 1. The number of benzene rings is 1. The van der Waals surface area contributed by atoms with Gasteiger partial charge in [0.25, 0.3) is 0 Å². The Morgan fingerprint density at radius 2 is 2.07 bits per heavy atom. The maximum Gasteiger partial charge on any atom is 0.356 e. The zero-order chi connectivity index (χ0) is 18.8. The Bertz CT molecular complexity index is 985. The van der Waals surface area contributed by atoms with Crippen molar-refractivity contribution in [1.82, 2.24) is 19.5 Å². The second-order valence-electron chi connectivity index (χ2n) is 6.36. The summed E-state index contributed by atoms with van der Waals surface area (Å²) in [5.41, 5.74) is 3.31. The molecule has 27 heavy (non-hydrogen) atoms. The number of aromatic carboxylic acids is 1. The van der Waals surface area contributed by atoms with Gasteiger partial charge >= 0.3 is 5.97 Å². The molecule has 1 aliphatic heterocycles. The second kappa shape index (κ2) is 7.16. The van der Waals surface area contributed by atoms with Gasteiger partial charge in [-0.2, -0.15) is 4.98 Å². The number of nitrogens with zero attached hydrogens (tertiary/aromatic N) is 5. The van der Waals surface area contributed by atoms with Crippen molar-refractivity contribution < 1.29 is 14.6 Å². The van der Waals surface area contributed by atoms with Crippen molar-refractivity contribution in [2.45, 2.75) is 19.6 Å². The van der Waals surface area contributed by atoms with Crippen molar-refractivity contribution in [3.63, 3.8) is 0 Å². The van der Waals surface area contributed by atoms with E-state index in [0.717, 1.165) is 25.2 Å². The fourth-order valence-corrected chi connectivity index (χ4v) is 3.19. The van der Waals surface area contributed by atoms with E-state index >= 15 is 0 Å². The van der Waals surface area contributed by atoms with E-state index in [1.54, 1.807) is 17.7 Å². The van der Waals surface area contributed by atoms with Gasteiger partial charge in [-0.15, -0.1) is 0 Å². The molecule has 3 heterocycles. The van der Waals surface area contributed by atoms with Crippen LogP contribution in [0.5, 0.6) is 0 Å². The first-order valence-corrected chi connectivity index (χ1v) is 8.60. The van der Waals surface area contributed by atoms with E-state index in [2.05, 4.69) is 38.1 Å². The van der Waals surface area contributed by atoms with Crippen LogP contribution >= 0.6 is 0 Å². The molecule has 0 radical (unpaired) electrons. The van der Waals surface area contributed by atoms with Gasteiger partial charge in [0.2, 0.25) is 5.95 Å². The van der Waals surface area contributed by atoms with Gasteiger partial charge in [-0.05, 0) is 17.5 Å². The summed E-state index contributed by atoms with van der Waals surface area (Å²) < 4.78 is 6.82. The number of carboxylic acids is 1. The molecule has 0 bridgehead atoms. The Morgan fingerprint density at radius 3 is 2.81 bits per heavy atom. The van der Waals surface area contributed by atoms with Crippen molar-refractivity contribution in [3.05, 3.63) is 65.4 Å². The maximum absolute atomic E-state index is 11.1. The molecule has 8 heteroatoms. The van der Waals surface area contributed by atoms with Crippen molar-refractivity contribution in [1.29, 1.82) is 0 Å². The van der Waals surface area contributed by atoms with Gasteiger partial charge in [-0.3, -0.25) is 4.57 Å². The molecule has 0 saturated carbocycles. The Labute approximate surface area is 156 Å². The third kappa shape index (κ3) is 3.52. The number of ether oxygens (including phenoxy) is 1. The molecule has 0 aliphatic carbocycles. The lowest BCUT2D eigenvalue weighted by atomic mass is 10.0. The largest absolute Gasteiger partial charge is 0.476 e. The number of rotatable bonds is 5. The first-order valence-electron chi connectivity index (χ1n) is 8.60. The molecule has 0 unspecified atom stereocenters. The van der Waals surface area contributed by atoms with Gasteiger partial charge < -0.3 is 14.7 Å². The van der Waals surface area contributed by atoms with Gasteiger partial charge in [0.15, 0.2) is 5.69 Å². The van der Waals surface area contributed by atoms with Gasteiger partial charge in [0.05, 0.1) is 12.3 Å². The van der Waals surface area contributed by atoms with E-state index < -0.39 is 5.97 Å². The monoisotopic (exact) mass is 365 g/mol. The molecule has 0 saturated heterocycles. The average molecular weight is 365 g/mol. The minimum atomic E-state index is -1.08. The Morgan fingerprint density at radius 1 is 1.26 bits per heavy atom. The fraction of sp³-hybridized carbons (Fsp3) is 0.263. The van der Waals surface area contributed by atoms with Crippen LogP contribution in [0, 0.1) is 0 Å². The lowest BCUT2D eigenvalue weighted by Crippen LogP contribution is -2.32. The van der Waals surface area contributed by atoms with Gasteiger partial charge in [0.1, 0.15) is 12.1 Å². The van der Waals surface area contributed by atoms with Crippen LogP contribution < -0.4 is 4.90 Å². The third-order valence-electron chi connectivity index (χ3n) is 4.53. The summed E-state index contributed by atoms with van der Waals surface area (Å²) in [6, 6.07) is 10.1. The zero-order valence-electron chi connectivity index (χ0n) is 14.9. The molecule has 138 valence electrons. The van der Waals surface area contributed by atoms with Crippen molar-refractivity contribution in [2.24, 2.45) is 0 Å². The molecule has 0 amide bonds. The summed E-state index contributed by atoms with van der Waals surface area (Å²) in [6.07, 6.45) is 3.81. The number of hydrogen-bond donors (Lipinski definition) is 1. The summed E-state index contributed by atoms with van der Waals surface area (Å²) in [7, 11) is 1.61. The van der Waals surface area contributed by atoms with Crippen molar-refractivity contribution >= 4 is 11.9 Å². The highest BCUT2D eigenvalue weighted by Gasteiger charge is 2.20. The van der Waals surface area contributed by atoms with Crippen LogP contribution in [0.25, 0.3) is 5.82 Å². The quantitative estimate of drug-likeness (QED) is 0.740. The molecule has 0 atom stereocenters. The van der Waals surface area contributed by atoms with Gasteiger partial charge in [-0.25, -0.2) is 14.8 Å². The number of fused-ring (bicyclic) bond motifs is 1. The van der Waals surface area contributed by atoms with E-state index in [1.807, 2.05) is 6.07 Å². The molecule has 3 aromatic rings. The SMILES string of the molecule is COCc1cc(-n2cnc(C(=O)O)c2)nc(N2CCc3ccccc3C2)n1. The first kappa shape index (κ1) is 17.2. The van der Waals surface area contributed by atoms with E-state index in [-0.39, 0.29) is 5.69 Å². The molecule has 1 aromatic carbocycles. The van der Waals surface area contributed by atoms with Gasteiger partial charge in [-0.1, -0.05) is 24.3 Å². The van der Waals surface area contributed by atoms with Crippen LogP contribution in [0.2, 0.25) is 0 Å². The minimum Gasteiger partial charge on any atom is -0.476 e. The predicted octanol–water partition coefficient (Wildman–Crippen LogP) is 2.07. The van der Waals surface area contributed by atoms with Crippen LogP contribution in [-0.4, -0.2) is 44.2 Å². The topological polar surface area (TPSA) is 93.4 Å². The lowest BCUT2D eigenvalue weighted by Gasteiger charge is -2.29. The highest BCUT2D eigenvalue weighted by atomic mass is 16.5. The van der Waals surface area contributed by atoms with Gasteiger partial charge in [0, 0.05) is 32.5 Å². The van der Waals surface area contributed by atoms with E-state index in [9.17, 15) is 4.79 Å². The zero-order valence-corrected chi connectivity index (χ0v) is 14.9. The second-order valence-corrected chi connectivity index (χ2v) is 6.36. The number of methoxy groups -OCH3 is 1. The molecule has 8 nitrogen and oxygen atoms in total. The predicted molar refractivity (Wildman–Crippen MR) is 98.0 cm³/mol. The molecule has 1 aliphatic rings. The summed E-state index contributed by atoms with van der Waals surface area (Å²) >= 11 is 0. The summed E-state index contributed by atoms with van der Waals surface area (Å²) in [6.45, 7) is 1.89. The standard InChI is InChI=1S/C19H19N5O3/c1-27-11-15-8-17(24-10-16(18(25)26)20-12-24)22-19(21-15)23-7-6-13-4-2-3-5-14(13)9-23/h2-5,8,10,12H,6-7,9,11H2,1H3,(H,25,26). The third-order valence-corrected chi connectivity index (χ3v) is 4.53. The molecular weight excluding hydrogens is 346 g/mol. The number of carboxylic acid groups (broad SMARTS) is 1. The Balaban J connectivity index is 1.70. The van der Waals surface area contributed by atoms with Crippen molar-refractivity contribution in [2.75, 3.05) is 18.6 Å². The average Bonchev–Trinajstić information content (AvgIpc) is 3.18. The molecule has 1 N–H and O–H groups in total. The molecule has 2 aromatic heterocycles. The highest BCUT2D eigenvalue weighted by Crippen LogP contribution is 2.23. The fourth-order valence-electron chi connectivity index (χ4n) is 3.19. The lowest BCUT2D eigenvalue weighted by molar-refractivity contribution is 0.0691.